The molecule has 0 amide bonds. The van der Waals surface area contributed by atoms with Gasteiger partial charge in [0.05, 0.1) is 0 Å². The topological polar surface area (TPSA) is 35.5 Å². The molecule has 0 aliphatic carbocycles. The Bertz CT molecular complexity index is 400. The average Bonchev–Trinajstić information content (AvgIpc) is 2.59. The molecule has 1 aromatic carbocycles. The van der Waals surface area contributed by atoms with E-state index in [2.05, 4.69) is 54.4 Å². The van der Waals surface area contributed by atoms with Crippen LogP contribution in [0.25, 0.3) is 0 Å². The van der Waals surface area contributed by atoms with Gasteiger partial charge in [-0.25, -0.2) is 0 Å². The molecule has 1 heterocycles. The van der Waals surface area contributed by atoms with E-state index in [0.717, 1.165) is 39.0 Å². The molecule has 3 nitrogen and oxygen atoms in total. The van der Waals surface area contributed by atoms with Gasteiger partial charge in [-0.1, -0.05) is 44.2 Å². The second kappa shape index (κ2) is 8.66. The summed E-state index contributed by atoms with van der Waals surface area (Å²) < 4.78 is 0. The first-order valence-corrected chi connectivity index (χ1v) is 8.82. The number of aliphatic hydroxyl groups excluding tert-OH is 1. The summed E-state index contributed by atoms with van der Waals surface area (Å²) in [5.41, 5.74) is 1.48. The summed E-state index contributed by atoms with van der Waals surface area (Å²) in [5, 5.41) is 13.4. The zero-order chi connectivity index (χ0) is 15.8. The largest absolute Gasteiger partial charge is 0.396 e. The van der Waals surface area contributed by atoms with Crippen molar-refractivity contribution in [3.05, 3.63) is 35.9 Å². The van der Waals surface area contributed by atoms with Crippen LogP contribution >= 0.6 is 0 Å². The van der Waals surface area contributed by atoms with Crippen LogP contribution in [0.1, 0.15) is 45.1 Å². The molecule has 1 saturated heterocycles. The van der Waals surface area contributed by atoms with E-state index in [4.69, 9.17) is 0 Å². The zero-order valence-electron chi connectivity index (χ0n) is 14.2. The molecule has 22 heavy (non-hydrogen) atoms. The van der Waals surface area contributed by atoms with Gasteiger partial charge in [-0.2, -0.15) is 0 Å². The van der Waals surface area contributed by atoms with E-state index in [-0.39, 0.29) is 5.41 Å². The molecular formula is C19H32N2O. The predicted molar refractivity (Wildman–Crippen MR) is 92.8 cm³/mol. The van der Waals surface area contributed by atoms with Crippen LogP contribution in [0.15, 0.2) is 30.3 Å². The lowest BCUT2D eigenvalue weighted by Crippen LogP contribution is -2.46. The van der Waals surface area contributed by atoms with E-state index in [1.165, 1.54) is 18.4 Å². The van der Waals surface area contributed by atoms with Crippen molar-refractivity contribution in [2.75, 3.05) is 26.2 Å². The fourth-order valence-corrected chi connectivity index (χ4v) is 3.28. The highest BCUT2D eigenvalue weighted by Crippen LogP contribution is 2.25. The summed E-state index contributed by atoms with van der Waals surface area (Å²) in [7, 11) is 0. The number of nitrogens with one attached hydrogen (secondary N) is 1. The Morgan fingerprint density at radius 2 is 1.77 bits per heavy atom. The molecule has 1 aliphatic heterocycles. The van der Waals surface area contributed by atoms with Gasteiger partial charge in [0, 0.05) is 31.2 Å². The zero-order valence-corrected chi connectivity index (χ0v) is 14.2. The number of piperidine rings is 1. The maximum absolute atomic E-state index is 9.66. The molecule has 0 saturated carbocycles. The molecule has 1 fully saturated rings. The molecule has 0 unspecified atom stereocenters. The fraction of sp³-hybridized carbons (Fsp3) is 0.684. The minimum absolute atomic E-state index is 0.0706. The summed E-state index contributed by atoms with van der Waals surface area (Å²) in [6.45, 7) is 9.00. The van der Waals surface area contributed by atoms with E-state index < -0.39 is 0 Å². The van der Waals surface area contributed by atoms with Gasteiger partial charge in [0.25, 0.3) is 0 Å². The predicted octanol–water partition coefficient (Wildman–Crippen LogP) is 3.04. The lowest BCUT2D eigenvalue weighted by atomic mass is 9.83. The van der Waals surface area contributed by atoms with Crippen molar-refractivity contribution in [1.29, 1.82) is 0 Å². The molecule has 1 aliphatic rings. The van der Waals surface area contributed by atoms with Gasteiger partial charge < -0.3 is 10.4 Å². The fourth-order valence-electron chi connectivity index (χ4n) is 3.28. The van der Waals surface area contributed by atoms with Gasteiger partial charge in [0.15, 0.2) is 0 Å². The molecule has 0 spiro atoms. The highest BCUT2D eigenvalue weighted by molar-refractivity contribution is 5.14. The van der Waals surface area contributed by atoms with Crippen LogP contribution in [-0.2, 0) is 6.54 Å². The molecule has 0 radical (unpaired) electrons. The summed E-state index contributed by atoms with van der Waals surface area (Å²) in [5.74, 6) is 0. The van der Waals surface area contributed by atoms with E-state index in [1.807, 2.05) is 0 Å². The van der Waals surface area contributed by atoms with Gasteiger partial charge >= 0.3 is 0 Å². The van der Waals surface area contributed by atoms with Gasteiger partial charge in [-0.15, -0.1) is 0 Å². The molecule has 1 aromatic rings. The molecule has 124 valence electrons. The normalized spacial score (nSPS) is 17.8. The Kier molecular flexibility index (Phi) is 6.87. The number of aliphatic hydroxyl groups is 1. The van der Waals surface area contributed by atoms with Crippen LogP contribution in [0.2, 0.25) is 0 Å². The summed E-state index contributed by atoms with van der Waals surface area (Å²) in [6, 6.07) is 11.3. The third-order valence-electron chi connectivity index (χ3n) is 5.44. The van der Waals surface area contributed by atoms with E-state index in [9.17, 15) is 5.11 Å². The maximum atomic E-state index is 9.66. The van der Waals surface area contributed by atoms with Crippen LogP contribution in [-0.4, -0.2) is 42.3 Å². The standard InChI is InChI=1S/C19H32N2O/c1-3-19(4-2,16-22)15-20-18-10-12-21(13-11-18)14-17-8-6-5-7-9-17/h5-9,18,20,22H,3-4,10-16H2,1-2H3. The van der Waals surface area contributed by atoms with E-state index in [0.29, 0.717) is 12.6 Å². The van der Waals surface area contributed by atoms with Crippen LogP contribution in [0, 0.1) is 5.41 Å². The van der Waals surface area contributed by atoms with E-state index >= 15 is 0 Å². The summed E-state index contributed by atoms with van der Waals surface area (Å²) in [4.78, 5) is 2.55. The molecule has 0 aromatic heterocycles. The lowest BCUT2D eigenvalue weighted by Gasteiger charge is -2.36. The van der Waals surface area contributed by atoms with Gasteiger partial charge in [0.2, 0.25) is 0 Å². The third kappa shape index (κ3) is 4.80. The minimum Gasteiger partial charge on any atom is -0.396 e. The van der Waals surface area contributed by atoms with Gasteiger partial charge in [0.1, 0.15) is 0 Å². The Morgan fingerprint density at radius 3 is 2.32 bits per heavy atom. The number of hydrogen-bond donors (Lipinski definition) is 2. The van der Waals surface area contributed by atoms with E-state index in [1.54, 1.807) is 0 Å². The first kappa shape index (κ1) is 17.5. The van der Waals surface area contributed by atoms with Crippen molar-refractivity contribution < 1.29 is 5.11 Å². The maximum Gasteiger partial charge on any atom is 0.0499 e. The monoisotopic (exact) mass is 304 g/mol. The number of rotatable bonds is 8. The Morgan fingerprint density at radius 1 is 1.14 bits per heavy atom. The molecule has 0 atom stereocenters. The SMILES string of the molecule is CCC(CC)(CO)CNC1CCN(Cc2ccccc2)CC1. The molecule has 0 bridgehead atoms. The van der Waals surface area contributed by atoms with Crippen molar-refractivity contribution in [1.82, 2.24) is 10.2 Å². The highest BCUT2D eigenvalue weighted by Gasteiger charge is 2.27. The Labute approximate surface area is 135 Å². The Balaban J connectivity index is 1.73. The molecule has 3 heteroatoms. The molecular weight excluding hydrogens is 272 g/mol. The first-order valence-electron chi connectivity index (χ1n) is 8.82. The molecule has 2 rings (SSSR count). The first-order chi connectivity index (χ1) is 10.7. The van der Waals surface area contributed by atoms with Crippen LogP contribution < -0.4 is 5.32 Å². The number of benzene rings is 1. The van der Waals surface area contributed by atoms with Crippen LogP contribution in [0.3, 0.4) is 0 Å². The summed E-state index contributed by atoms with van der Waals surface area (Å²) >= 11 is 0. The second-order valence-electron chi connectivity index (χ2n) is 6.78. The van der Waals surface area contributed by atoms with Crippen molar-refractivity contribution in [3.63, 3.8) is 0 Å². The average molecular weight is 304 g/mol. The second-order valence-corrected chi connectivity index (χ2v) is 6.78. The van der Waals surface area contributed by atoms with Crippen molar-refractivity contribution >= 4 is 0 Å². The Hall–Kier alpha value is -0.900. The van der Waals surface area contributed by atoms with Crippen LogP contribution in [0.5, 0.6) is 0 Å². The highest BCUT2D eigenvalue weighted by atomic mass is 16.3. The number of likely N-dealkylation sites (tertiary alicyclic amines) is 1. The number of nitrogens with zero attached hydrogens (tertiary/aromatic N) is 1. The smallest absolute Gasteiger partial charge is 0.0499 e. The third-order valence-corrected chi connectivity index (χ3v) is 5.44. The van der Waals surface area contributed by atoms with Crippen LogP contribution in [0.4, 0.5) is 0 Å². The quantitative estimate of drug-likeness (QED) is 0.775. The van der Waals surface area contributed by atoms with Crippen molar-refractivity contribution in [2.45, 2.75) is 52.1 Å². The molecule has 2 N–H and O–H groups in total. The lowest BCUT2D eigenvalue weighted by molar-refractivity contribution is 0.102. The minimum atomic E-state index is 0.0706. The van der Waals surface area contributed by atoms with Crippen molar-refractivity contribution in [3.8, 4) is 0 Å². The summed E-state index contributed by atoms with van der Waals surface area (Å²) in [6.07, 6.45) is 4.50. The van der Waals surface area contributed by atoms with Crippen molar-refractivity contribution in [2.24, 2.45) is 5.41 Å². The number of hydrogen-bond acceptors (Lipinski definition) is 3. The van der Waals surface area contributed by atoms with Gasteiger partial charge in [-0.05, 0) is 44.3 Å². The van der Waals surface area contributed by atoms with Gasteiger partial charge in [-0.3, -0.25) is 4.90 Å².